The van der Waals surface area contributed by atoms with Crippen LogP contribution in [0.15, 0.2) is 160 Å². The molecule has 0 radical (unpaired) electrons. The van der Waals surface area contributed by atoms with Crippen molar-refractivity contribution in [3.63, 3.8) is 0 Å². The summed E-state index contributed by atoms with van der Waals surface area (Å²) in [4.78, 5) is 15.0. The van der Waals surface area contributed by atoms with Gasteiger partial charge in [-0.3, -0.25) is 0 Å². The number of fused-ring (bicyclic) bond motifs is 8. The van der Waals surface area contributed by atoms with Crippen LogP contribution in [-0.4, -0.2) is 15.0 Å². The fourth-order valence-corrected chi connectivity index (χ4v) is 6.94. The van der Waals surface area contributed by atoms with E-state index in [-0.39, 0.29) is 0 Å². The van der Waals surface area contributed by atoms with E-state index < -0.39 is 0 Å². The largest absolute Gasteiger partial charge is 0.456 e. The third kappa shape index (κ3) is 4.15. The molecule has 0 spiro atoms. The minimum absolute atomic E-state index is 0.598. The Kier molecular flexibility index (Phi) is 5.81. The topological polar surface area (TPSA) is 65.0 Å². The number of furan rings is 2. The standard InChI is InChI=1S/C43H25N3O2/c1-3-11-26(12-4-1)41-44-42(27-13-5-2-6-14-27)46-43(45-41)33-18-10-20-37-40(33)34-25-28(21-23-36(34)48-37)29-16-9-17-31-30(29)22-24-38-39(31)32-15-7-8-19-35(32)47-38/h1-25H. The number of aromatic nitrogens is 3. The van der Waals surface area contributed by atoms with E-state index in [2.05, 4.69) is 66.7 Å². The number of hydrogen-bond donors (Lipinski definition) is 0. The molecule has 0 bridgehead atoms. The predicted octanol–water partition coefficient (Wildman–Crippen LogP) is 11.5. The van der Waals surface area contributed by atoms with Crippen LogP contribution in [0.3, 0.4) is 0 Å². The summed E-state index contributed by atoms with van der Waals surface area (Å²) in [5.74, 6) is 1.85. The fraction of sp³-hybridized carbons (Fsp3) is 0. The van der Waals surface area contributed by atoms with Gasteiger partial charge in [-0.05, 0) is 52.2 Å². The first-order chi connectivity index (χ1) is 23.8. The molecule has 48 heavy (non-hydrogen) atoms. The van der Waals surface area contributed by atoms with Crippen molar-refractivity contribution < 1.29 is 8.83 Å². The van der Waals surface area contributed by atoms with Crippen LogP contribution >= 0.6 is 0 Å². The highest BCUT2D eigenvalue weighted by molar-refractivity contribution is 6.21. The number of rotatable bonds is 4. The molecule has 3 heterocycles. The van der Waals surface area contributed by atoms with Gasteiger partial charge in [0.25, 0.3) is 0 Å². The van der Waals surface area contributed by atoms with Gasteiger partial charge in [0.2, 0.25) is 0 Å². The van der Waals surface area contributed by atoms with Gasteiger partial charge in [0.05, 0.1) is 0 Å². The van der Waals surface area contributed by atoms with E-state index in [9.17, 15) is 0 Å². The average molecular weight is 616 g/mol. The number of nitrogens with zero attached hydrogens (tertiary/aromatic N) is 3. The summed E-state index contributed by atoms with van der Waals surface area (Å²) in [5.41, 5.74) is 8.38. The maximum atomic E-state index is 6.43. The molecule has 0 N–H and O–H groups in total. The molecule has 10 rings (SSSR count). The summed E-state index contributed by atoms with van der Waals surface area (Å²) in [6.07, 6.45) is 0. The molecule has 0 saturated heterocycles. The lowest BCUT2D eigenvalue weighted by Gasteiger charge is -2.10. The highest BCUT2D eigenvalue weighted by Gasteiger charge is 2.19. The molecule has 0 saturated carbocycles. The summed E-state index contributed by atoms with van der Waals surface area (Å²) >= 11 is 0. The van der Waals surface area contributed by atoms with Crippen LogP contribution in [0.4, 0.5) is 0 Å². The van der Waals surface area contributed by atoms with E-state index in [0.717, 1.165) is 71.7 Å². The van der Waals surface area contributed by atoms with Crippen molar-refractivity contribution in [3.05, 3.63) is 152 Å². The van der Waals surface area contributed by atoms with Crippen molar-refractivity contribution in [2.45, 2.75) is 0 Å². The molecule has 0 aliphatic carbocycles. The molecule has 5 nitrogen and oxygen atoms in total. The monoisotopic (exact) mass is 615 g/mol. The average Bonchev–Trinajstić information content (AvgIpc) is 3.73. The smallest absolute Gasteiger partial charge is 0.164 e. The summed E-state index contributed by atoms with van der Waals surface area (Å²) < 4.78 is 12.6. The Balaban J connectivity index is 1.20. The van der Waals surface area contributed by atoms with Gasteiger partial charge in [-0.25, -0.2) is 15.0 Å². The van der Waals surface area contributed by atoms with Crippen LogP contribution in [0.5, 0.6) is 0 Å². The van der Waals surface area contributed by atoms with Crippen molar-refractivity contribution in [2.75, 3.05) is 0 Å². The zero-order valence-electron chi connectivity index (χ0n) is 25.6. The minimum Gasteiger partial charge on any atom is -0.456 e. The van der Waals surface area contributed by atoms with Crippen LogP contribution in [-0.2, 0) is 0 Å². The first-order valence-corrected chi connectivity index (χ1v) is 15.9. The van der Waals surface area contributed by atoms with Crippen LogP contribution in [0, 0.1) is 0 Å². The molecule has 0 fully saturated rings. The lowest BCUT2D eigenvalue weighted by Crippen LogP contribution is -2.00. The fourth-order valence-electron chi connectivity index (χ4n) is 6.94. The van der Waals surface area contributed by atoms with Gasteiger partial charge in [-0.2, -0.15) is 0 Å². The number of benzene rings is 7. The second-order valence-corrected chi connectivity index (χ2v) is 12.0. The molecular formula is C43H25N3O2. The molecule has 0 unspecified atom stereocenters. The first-order valence-electron chi connectivity index (χ1n) is 15.9. The molecule has 224 valence electrons. The molecule has 0 amide bonds. The van der Waals surface area contributed by atoms with Gasteiger partial charge in [-0.15, -0.1) is 0 Å². The third-order valence-electron chi connectivity index (χ3n) is 9.15. The zero-order chi connectivity index (χ0) is 31.6. The van der Waals surface area contributed by atoms with Crippen LogP contribution in [0.1, 0.15) is 0 Å². The lowest BCUT2D eigenvalue weighted by molar-refractivity contribution is 0.668. The van der Waals surface area contributed by atoms with Crippen LogP contribution in [0.2, 0.25) is 0 Å². The normalized spacial score (nSPS) is 11.8. The van der Waals surface area contributed by atoms with E-state index in [1.165, 1.54) is 10.8 Å². The number of para-hydroxylation sites is 1. The van der Waals surface area contributed by atoms with Gasteiger partial charge in [0.1, 0.15) is 22.3 Å². The van der Waals surface area contributed by atoms with Gasteiger partial charge in [0.15, 0.2) is 17.5 Å². The Morgan fingerprint density at radius 1 is 0.312 bits per heavy atom. The Bertz CT molecular complexity index is 2780. The summed E-state index contributed by atoms with van der Waals surface area (Å²) in [6.45, 7) is 0. The van der Waals surface area contributed by atoms with Crippen molar-refractivity contribution in [1.29, 1.82) is 0 Å². The SMILES string of the molecule is c1ccc(-c2nc(-c3ccccc3)nc(-c3cccc4oc5ccc(-c6cccc7c6ccc6oc8ccccc8c67)cc5c34)n2)cc1. The second kappa shape index (κ2) is 10.5. The van der Waals surface area contributed by atoms with Gasteiger partial charge < -0.3 is 8.83 Å². The van der Waals surface area contributed by atoms with Crippen molar-refractivity contribution in [1.82, 2.24) is 15.0 Å². The molecule has 5 heteroatoms. The molecule has 10 aromatic rings. The summed E-state index contributed by atoms with van der Waals surface area (Å²) in [6, 6.07) is 51.6. The third-order valence-corrected chi connectivity index (χ3v) is 9.15. The van der Waals surface area contributed by atoms with Crippen molar-refractivity contribution in [2.24, 2.45) is 0 Å². The Morgan fingerprint density at radius 2 is 0.875 bits per heavy atom. The molecule has 3 aromatic heterocycles. The zero-order valence-corrected chi connectivity index (χ0v) is 25.6. The molecule has 0 atom stereocenters. The molecular weight excluding hydrogens is 590 g/mol. The summed E-state index contributed by atoms with van der Waals surface area (Å²) in [5, 5.41) is 6.58. The van der Waals surface area contributed by atoms with E-state index in [4.69, 9.17) is 23.8 Å². The molecule has 7 aromatic carbocycles. The second-order valence-electron chi connectivity index (χ2n) is 12.0. The Labute approximate surface area is 274 Å². The van der Waals surface area contributed by atoms with Gasteiger partial charge >= 0.3 is 0 Å². The van der Waals surface area contributed by atoms with Gasteiger partial charge in [-0.1, -0.05) is 121 Å². The maximum Gasteiger partial charge on any atom is 0.164 e. The van der Waals surface area contributed by atoms with E-state index in [1.807, 2.05) is 84.9 Å². The predicted molar refractivity (Wildman–Crippen MR) is 194 cm³/mol. The highest BCUT2D eigenvalue weighted by atomic mass is 16.3. The lowest BCUT2D eigenvalue weighted by atomic mass is 9.94. The molecule has 0 aliphatic heterocycles. The maximum absolute atomic E-state index is 6.43. The first kappa shape index (κ1) is 26.6. The summed E-state index contributed by atoms with van der Waals surface area (Å²) in [7, 11) is 0. The van der Waals surface area contributed by atoms with Crippen molar-refractivity contribution in [3.8, 4) is 45.3 Å². The van der Waals surface area contributed by atoms with Gasteiger partial charge in [0, 0.05) is 38.2 Å². The van der Waals surface area contributed by atoms with Crippen LogP contribution in [0.25, 0.3) is 99.9 Å². The quantitative estimate of drug-likeness (QED) is 0.197. The van der Waals surface area contributed by atoms with Crippen LogP contribution < -0.4 is 0 Å². The van der Waals surface area contributed by atoms with E-state index in [1.54, 1.807) is 0 Å². The molecule has 0 aliphatic rings. The minimum atomic E-state index is 0.598. The highest BCUT2D eigenvalue weighted by Crippen LogP contribution is 2.41. The van der Waals surface area contributed by atoms with E-state index >= 15 is 0 Å². The van der Waals surface area contributed by atoms with E-state index in [0.29, 0.717) is 17.5 Å². The number of hydrogen-bond acceptors (Lipinski definition) is 5. The Hall–Kier alpha value is -6.59. The Morgan fingerprint density at radius 3 is 1.65 bits per heavy atom. The van der Waals surface area contributed by atoms with Crippen molar-refractivity contribution >= 4 is 54.6 Å².